The van der Waals surface area contributed by atoms with Crippen molar-refractivity contribution in [3.63, 3.8) is 0 Å². The van der Waals surface area contributed by atoms with Gasteiger partial charge in [0.15, 0.2) is 0 Å². The quantitative estimate of drug-likeness (QED) is 0.668. The molecule has 6 heteroatoms. The van der Waals surface area contributed by atoms with E-state index in [0.717, 1.165) is 10.6 Å². The van der Waals surface area contributed by atoms with Crippen LogP contribution in [0.4, 0.5) is 4.39 Å². The lowest BCUT2D eigenvalue weighted by molar-refractivity contribution is 0.416. The largest absolute Gasteiger partial charge is 0.496 e. The maximum absolute atomic E-state index is 14.0. The van der Waals surface area contributed by atoms with Gasteiger partial charge in [-0.2, -0.15) is 0 Å². The topological polar surface area (TPSA) is 47.3 Å². The summed E-state index contributed by atoms with van der Waals surface area (Å²) in [4.78, 5) is 0.895. The fourth-order valence-electron chi connectivity index (χ4n) is 1.66. The Balaban J connectivity index is 2.41. The maximum Gasteiger partial charge on any atom is 0.142 e. The van der Waals surface area contributed by atoms with Crippen molar-refractivity contribution in [3.8, 4) is 5.75 Å². The van der Waals surface area contributed by atoms with Crippen LogP contribution in [-0.2, 0) is 0 Å². The van der Waals surface area contributed by atoms with Crippen molar-refractivity contribution < 1.29 is 9.13 Å². The smallest absolute Gasteiger partial charge is 0.142 e. The SMILES string of the molecule is COc1csc(C(NN)c2cccc(Br)c2F)c1. The second kappa shape index (κ2) is 5.79. The molecule has 0 saturated heterocycles. The third-order valence-electron chi connectivity index (χ3n) is 2.58. The molecule has 0 amide bonds. The molecule has 1 atom stereocenters. The minimum absolute atomic E-state index is 0.312. The van der Waals surface area contributed by atoms with Crippen molar-refractivity contribution in [2.24, 2.45) is 5.84 Å². The number of halogens is 2. The lowest BCUT2D eigenvalue weighted by Gasteiger charge is -2.16. The zero-order valence-corrected chi connectivity index (χ0v) is 12.0. The van der Waals surface area contributed by atoms with Gasteiger partial charge >= 0.3 is 0 Å². The van der Waals surface area contributed by atoms with Crippen LogP contribution in [0.15, 0.2) is 34.1 Å². The molecule has 0 spiro atoms. The number of ether oxygens (including phenoxy) is 1. The summed E-state index contributed by atoms with van der Waals surface area (Å²) in [5.41, 5.74) is 3.13. The van der Waals surface area contributed by atoms with Crippen molar-refractivity contribution in [1.29, 1.82) is 0 Å². The molecule has 3 nitrogen and oxygen atoms in total. The standard InChI is InChI=1S/C12H12BrFN2OS/c1-17-7-5-10(18-6-7)12(16-15)8-3-2-4-9(13)11(8)14/h2-6,12,16H,15H2,1H3. The van der Waals surface area contributed by atoms with E-state index in [4.69, 9.17) is 10.6 Å². The first kappa shape index (κ1) is 13.5. The lowest BCUT2D eigenvalue weighted by Crippen LogP contribution is -2.29. The van der Waals surface area contributed by atoms with Crippen LogP contribution >= 0.6 is 27.3 Å². The Morgan fingerprint density at radius 2 is 2.28 bits per heavy atom. The third-order valence-corrected chi connectivity index (χ3v) is 4.16. The molecule has 1 unspecified atom stereocenters. The summed E-state index contributed by atoms with van der Waals surface area (Å²) < 4.78 is 19.6. The molecule has 2 rings (SSSR count). The molecule has 1 aromatic heterocycles. The number of rotatable bonds is 4. The van der Waals surface area contributed by atoms with Gasteiger partial charge in [-0.15, -0.1) is 11.3 Å². The molecule has 1 heterocycles. The predicted molar refractivity (Wildman–Crippen MR) is 74.1 cm³/mol. The number of nitrogens with two attached hydrogens (primary N) is 1. The molecule has 0 aliphatic rings. The summed E-state index contributed by atoms with van der Waals surface area (Å²) in [6.07, 6.45) is 0. The predicted octanol–water partition coefficient (Wildman–Crippen LogP) is 3.21. The molecule has 0 fully saturated rings. The normalized spacial score (nSPS) is 12.4. The first-order valence-corrected chi connectivity index (χ1v) is 6.87. The summed E-state index contributed by atoms with van der Waals surface area (Å²) >= 11 is 4.64. The van der Waals surface area contributed by atoms with Crippen LogP contribution in [0.2, 0.25) is 0 Å². The van der Waals surface area contributed by atoms with E-state index in [-0.39, 0.29) is 5.82 Å². The van der Waals surface area contributed by atoms with Gasteiger partial charge in [0.05, 0.1) is 17.6 Å². The number of hydrogen-bond acceptors (Lipinski definition) is 4. The van der Waals surface area contributed by atoms with Gasteiger partial charge in [-0.25, -0.2) is 9.82 Å². The summed E-state index contributed by atoms with van der Waals surface area (Å²) in [6, 6.07) is 6.59. The minimum atomic E-state index is -0.392. The summed E-state index contributed by atoms with van der Waals surface area (Å²) in [5.74, 6) is 5.97. The van der Waals surface area contributed by atoms with E-state index in [1.54, 1.807) is 25.3 Å². The van der Waals surface area contributed by atoms with Crippen LogP contribution in [0.5, 0.6) is 5.75 Å². The minimum Gasteiger partial charge on any atom is -0.496 e. The Morgan fingerprint density at radius 1 is 1.50 bits per heavy atom. The molecule has 0 aliphatic heterocycles. The molecule has 2 aromatic rings. The van der Waals surface area contributed by atoms with Gasteiger partial charge in [-0.3, -0.25) is 5.84 Å². The van der Waals surface area contributed by atoms with Crippen molar-refractivity contribution >= 4 is 27.3 Å². The number of hydrogen-bond donors (Lipinski definition) is 2. The van der Waals surface area contributed by atoms with Gasteiger partial charge in [0, 0.05) is 15.8 Å². The number of hydrazine groups is 1. The summed E-state index contributed by atoms with van der Waals surface area (Å²) in [7, 11) is 1.59. The summed E-state index contributed by atoms with van der Waals surface area (Å²) in [5, 5.41) is 1.86. The van der Waals surface area contributed by atoms with Crippen molar-refractivity contribution in [2.75, 3.05) is 7.11 Å². The van der Waals surface area contributed by atoms with Crippen LogP contribution < -0.4 is 16.0 Å². The molecule has 96 valence electrons. The van der Waals surface area contributed by atoms with Crippen LogP contribution in [0, 0.1) is 5.82 Å². The third kappa shape index (κ3) is 2.56. The molecule has 0 saturated carbocycles. The Bertz CT molecular complexity index is 547. The number of benzene rings is 1. The van der Waals surface area contributed by atoms with Crippen LogP contribution in [-0.4, -0.2) is 7.11 Å². The highest BCUT2D eigenvalue weighted by Crippen LogP contribution is 2.33. The zero-order chi connectivity index (χ0) is 13.1. The molecule has 0 radical (unpaired) electrons. The van der Waals surface area contributed by atoms with E-state index in [9.17, 15) is 4.39 Å². The molecular weight excluding hydrogens is 319 g/mol. The van der Waals surface area contributed by atoms with E-state index >= 15 is 0 Å². The van der Waals surface area contributed by atoms with E-state index in [1.165, 1.54) is 11.3 Å². The fourth-order valence-corrected chi connectivity index (χ4v) is 2.97. The van der Waals surface area contributed by atoms with E-state index in [1.807, 2.05) is 11.4 Å². The Labute approximate surface area is 117 Å². The van der Waals surface area contributed by atoms with Gasteiger partial charge in [0.25, 0.3) is 0 Å². The average Bonchev–Trinajstić information content (AvgIpc) is 2.84. The van der Waals surface area contributed by atoms with Gasteiger partial charge in [-0.05, 0) is 28.1 Å². The second-order valence-electron chi connectivity index (χ2n) is 3.63. The van der Waals surface area contributed by atoms with Crippen LogP contribution in [0.3, 0.4) is 0 Å². The number of nitrogens with one attached hydrogen (secondary N) is 1. The molecule has 3 N–H and O–H groups in total. The Hall–Kier alpha value is -0.950. The van der Waals surface area contributed by atoms with Crippen LogP contribution in [0.25, 0.3) is 0 Å². The first-order chi connectivity index (χ1) is 8.67. The highest BCUT2D eigenvalue weighted by molar-refractivity contribution is 9.10. The van der Waals surface area contributed by atoms with Crippen molar-refractivity contribution in [2.45, 2.75) is 6.04 Å². The first-order valence-electron chi connectivity index (χ1n) is 5.19. The number of methoxy groups -OCH3 is 1. The Morgan fingerprint density at radius 3 is 2.89 bits per heavy atom. The van der Waals surface area contributed by atoms with Crippen molar-refractivity contribution in [1.82, 2.24) is 5.43 Å². The second-order valence-corrected chi connectivity index (χ2v) is 5.43. The molecule has 1 aromatic carbocycles. The van der Waals surface area contributed by atoms with E-state index in [2.05, 4.69) is 21.4 Å². The van der Waals surface area contributed by atoms with E-state index < -0.39 is 6.04 Å². The molecule has 18 heavy (non-hydrogen) atoms. The average molecular weight is 331 g/mol. The highest BCUT2D eigenvalue weighted by atomic mass is 79.9. The van der Waals surface area contributed by atoms with Crippen LogP contribution in [0.1, 0.15) is 16.5 Å². The van der Waals surface area contributed by atoms with Gasteiger partial charge in [-0.1, -0.05) is 12.1 Å². The van der Waals surface area contributed by atoms with Gasteiger partial charge in [0.1, 0.15) is 11.6 Å². The fraction of sp³-hybridized carbons (Fsp3) is 0.167. The molecular formula is C12H12BrFN2OS. The van der Waals surface area contributed by atoms with Gasteiger partial charge < -0.3 is 4.74 Å². The number of thiophene rings is 1. The molecule has 0 bridgehead atoms. The van der Waals surface area contributed by atoms with Gasteiger partial charge in [0.2, 0.25) is 0 Å². The lowest BCUT2D eigenvalue weighted by atomic mass is 10.1. The van der Waals surface area contributed by atoms with E-state index in [0.29, 0.717) is 10.0 Å². The highest BCUT2D eigenvalue weighted by Gasteiger charge is 2.19. The monoisotopic (exact) mass is 330 g/mol. The maximum atomic E-state index is 14.0. The molecule has 0 aliphatic carbocycles. The van der Waals surface area contributed by atoms with Crippen molar-refractivity contribution in [3.05, 3.63) is 50.4 Å². The zero-order valence-electron chi connectivity index (χ0n) is 9.61. The Kier molecular flexibility index (Phi) is 4.34. The summed E-state index contributed by atoms with van der Waals surface area (Å²) in [6.45, 7) is 0.